The molecule has 3 N–H and O–H groups in total. The molecule has 3 heteroatoms. The highest BCUT2D eigenvalue weighted by molar-refractivity contribution is 5.71. The Kier molecular flexibility index (Phi) is 2.77. The number of rotatable bonds is 2. The second-order valence-electron chi connectivity index (χ2n) is 3.89. The summed E-state index contributed by atoms with van der Waals surface area (Å²) in [5.74, 6) is 0. The van der Waals surface area contributed by atoms with Gasteiger partial charge >= 0.3 is 0 Å². The Bertz CT molecular complexity index is 506. The Balaban J connectivity index is 2.28. The summed E-state index contributed by atoms with van der Waals surface area (Å²) < 4.78 is 0. The van der Waals surface area contributed by atoms with Gasteiger partial charge in [-0.3, -0.25) is 4.98 Å². The van der Waals surface area contributed by atoms with Crippen LogP contribution in [0.4, 0.5) is 17.1 Å². The zero-order valence-electron chi connectivity index (χ0n) is 9.49. The van der Waals surface area contributed by atoms with Gasteiger partial charge in [-0.15, -0.1) is 0 Å². The molecule has 1 aromatic carbocycles. The number of pyridine rings is 1. The third kappa shape index (κ3) is 2.14. The SMILES string of the molecule is Cc1ccc(Nc2ccncc2N)cc1C. The third-order valence-corrected chi connectivity index (χ3v) is 2.64. The molecule has 3 nitrogen and oxygen atoms in total. The molecular formula is C13H15N3. The fourth-order valence-corrected chi connectivity index (χ4v) is 1.50. The highest BCUT2D eigenvalue weighted by Gasteiger charge is 2.00. The number of hydrogen-bond acceptors (Lipinski definition) is 3. The molecule has 1 aromatic heterocycles. The third-order valence-electron chi connectivity index (χ3n) is 2.64. The van der Waals surface area contributed by atoms with Crippen LogP contribution in [0, 0.1) is 13.8 Å². The van der Waals surface area contributed by atoms with Gasteiger partial charge in [-0.25, -0.2) is 0 Å². The highest BCUT2D eigenvalue weighted by Crippen LogP contribution is 2.23. The standard InChI is InChI=1S/C13H15N3/c1-9-3-4-11(7-10(9)2)16-13-5-6-15-8-12(13)14/h3-8H,14H2,1-2H3,(H,15,16). The van der Waals surface area contributed by atoms with Crippen molar-refractivity contribution in [3.63, 3.8) is 0 Å². The number of aryl methyl sites for hydroxylation is 2. The molecule has 82 valence electrons. The number of nitrogens with one attached hydrogen (secondary N) is 1. The van der Waals surface area contributed by atoms with Crippen LogP contribution in [0.25, 0.3) is 0 Å². The molecule has 0 radical (unpaired) electrons. The van der Waals surface area contributed by atoms with Crippen molar-refractivity contribution >= 4 is 17.1 Å². The molecule has 0 aliphatic carbocycles. The molecule has 0 atom stereocenters. The van der Waals surface area contributed by atoms with Crippen molar-refractivity contribution in [2.24, 2.45) is 0 Å². The van der Waals surface area contributed by atoms with Crippen LogP contribution >= 0.6 is 0 Å². The minimum Gasteiger partial charge on any atom is -0.396 e. The van der Waals surface area contributed by atoms with Crippen molar-refractivity contribution in [3.8, 4) is 0 Å². The number of nitrogens with zero attached hydrogens (tertiary/aromatic N) is 1. The smallest absolute Gasteiger partial charge is 0.0739 e. The zero-order valence-corrected chi connectivity index (χ0v) is 9.49. The monoisotopic (exact) mass is 213 g/mol. The van der Waals surface area contributed by atoms with E-state index in [1.807, 2.05) is 12.1 Å². The van der Waals surface area contributed by atoms with Crippen LogP contribution in [-0.2, 0) is 0 Å². The van der Waals surface area contributed by atoms with E-state index in [0.29, 0.717) is 5.69 Å². The molecule has 0 amide bonds. The van der Waals surface area contributed by atoms with Gasteiger partial charge in [0, 0.05) is 11.9 Å². The maximum absolute atomic E-state index is 5.81. The van der Waals surface area contributed by atoms with E-state index in [1.54, 1.807) is 12.4 Å². The molecule has 0 fully saturated rings. The summed E-state index contributed by atoms with van der Waals surface area (Å²) in [5, 5.41) is 3.28. The van der Waals surface area contributed by atoms with E-state index in [2.05, 4.69) is 36.3 Å². The first kappa shape index (κ1) is 10.5. The summed E-state index contributed by atoms with van der Waals surface area (Å²) in [5.41, 5.74) is 10.9. The maximum atomic E-state index is 5.81. The van der Waals surface area contributed by atoms with Crippen LogP contribution in [0.1, 0.15) is 11.1 Å². The summed E-state index contributed by atoms with van der Waals surface area (Å²) in [6.07, 6.45) is 3.36. The molecule has 2 aromatic rings. The molecule has 0 saturated carbocycles. The van der Waals surface area contributed by atoms with E-state index in [4.69, 9.17) is 5.73 Å². The van der Waals surface area contributed by atoms with E-state index < -0.39 is 0 Å². The van der Waals surface area contributed by atoms with E-state index >= 15 is 0 Å². The second kappa shape index (κ2) is 4.23. The van der Waals surface area contributed by atoms with Crippen LogP contribution in [0.3, 0.4) is 0 Å². The number of nitrogens with two attached hydrogens (primary N) is 1. The first-order chi connectivity index (χ1) is 7.66. The van der Waals surface area contributed by atoms with Gasteiger partial charge in [-0.05, 0) is 43.2 Å². The van der Waals surface area contributed by atoms with Crippen molar-refractivity contribution < 1.29 is 0 Å². The lowest BCUT2D eigenvalue weighted by molar-refractivity contribution is 1.31. The van der Waals surface area contributed by atoms with Crippen molar-refractivity contribution in [3.05, 3.63) is 47.8 Å². The Morgan fingerprint density at radius 1 is 1.12 bits per heavy atom. The summed E-state index contributed by atoms with van der Waals surface area (Å²) in [7, 11) is 0. The van der Waals surface area contributed by atoms with Crippen LogP contribution in [0.5, 0.6) is 0 Å². The Labute approximate surface area is 95.3 Å². The summed E-state index contributed by atoms with van der Waals surface area (Å²) in [6, 6.07) is 8.11. The largest absolute Gasteiger partial charge is 0.396 e. The molecule has 0 spiro atoms. The molecule has 0 saturated heterocycles. The van der Waals surface area contributed by atoms with Gasteiger partial charge in [-0.2, -0.15) is 0 Å². The molecule has 2 rings (SSSR count). The lowest BCUT2D eigenvalue weighted by Crippen LogP contribution is -1.97. The van der Waals surface area contributed by atoms with Gasteiger partial charge in [0.1, 0.15) is 0 Å². The molecule has 16 heavy (non-hydrogen) atoms. The lowest BCUT2D eigenvalue weighted by Gasteiger charge is -2.10. The van der Waals surface area contributed by atoms with Gasteiger partial charge in [0.15, 0.2) is 0 Å². The Morgan fingerprint density at radius 2 is 1.94 bits per heavy atom. The van der Waals surface area contributed by atoms with Crippen molar-refractivity contribution in [2.45, 2.75) is 13.8 Å². The predicted octanol–water partition coefficient (Wildman–Crippen LogP) is 3.02. The maximum Gasteiger partial charge on any atom is 0.0739 e. The average Bonchev–Trinajstić information content (AvgIpc) is 2.27. The topological polar surface area (TPSA) is 50.9 Å². The molecule has 0 aliphatic heterocycles. The number of hydrogen-bond donors (Lipinski definition) is 2. The van der Waals surface area contributed by atoms with E-state index in [0.717, 1.165) is 11.4 Å². The fourth-order valence-electron chi connectivity index (χ4n) is 1.50. The van der Waals surface area contributed by atoms with Crippen molar-refractivity contribution in [2.75, 3.05) is 11.1 Å². The van der Waals surface area contributed by atoms with Crippen LogP contribution in [-0.4, -0.2) is 4.98 Å². The van der Waals surface area contributed by atoms with Crippen molar-refractivity contribution in [1.82, 2.24) is 4.98 Å². The van der Waals surface area contributed by atoms with E-state index in [9.17, 15) is 0 Å². The normalized spacial score (nSPS) is 10.1. The van der Waals surface area contributed by atoms with Crippen LogP contribution < -0.4 is 11.1 Å². The molecule has 0 aliphatic rings. The molecule has 1 heterocycles. The quantitative estimate of drug-likeness (QED) is 0.806. The Hall–Kier alpha value is -2.03. The average molecular weight is 213 g/mol. The molecule has 0 bridgehead atoms. The van der Waals surface area contributed by atoms with Gasteiger partial charge in [0.2, 0.25) is 0 Å². The first-order valence-corrected chi connectivity index (χ1v) is 5.20. The minimum absolute atomic E-state index is 0.653. The Morgan fingerprint density at radius 3 is 2.62 bits per heavy atom. The summed E-state index contributed by atoms with van der Waals surface area (Å²) >= 11 is 0. The first-order valence-electron chi connectivity index (χ1n) is 5.20. The van der Waals surface area contributed by atoms with Crippen LogP contribution in [0.15, 0.2) is 36.7 Å². The zero-order chi connectivity index (χ0) is 11.5. The van der Waals surface area contributed by atoms with Gasteiger partial charge < -0.3 is 11.1 Å². The van der Waals surface area contributed by atoms with Gasteiger partial charge in [-0.1, -0.05) is 6.07 Å². The summed E-state index contributed by atoms with van der Waals surface area (Å²) in [4.78, 5) is 3.95. The lowest BCUT2D eigenvalue weighted by atomic mass is 10.1. The van der Waals surface area contributed by atoms with Gasteiger partial charge in [0.05, 0.1) is 17.6 Å². The van der Waals surface area contributed by atoms with Gasteiger partial charge in [0.25, 0.3) is 0 Å². The van der Waals surface area contributed by atoms with E-state index in [-0.39, 0.29) is 0 Å². The fraction of sp³-hybridized carbons (Fsp3) is 0.154. The molecule has 0 unspecified atom stereocenters. The number of anilines is 3. The highest BCUT2D eigenvalue weighted by atomic mass is 14.9. The summed E-state index contributed by atoms with van der Waals surface area (Å²) in [6.45, 7) is 4.19. The second-order valence-corrected chi connectivity index (χ2v) is 3.89. The van der Waals surface area contributed by atoms with Crippen molar-refractivity contribution in [1.29, 1.82) is 0 Å². The van der Waals surface area contributed by atoms with E-state index in [1.165, 1.54) is 11.1 Å². The number of nitrogen functional groups attached to an aromatic ring is 1. The number of benzene rings is 1. The van der Waals surface area contributed by atoms with Crippen LogP contribution in [0.2, 0.25) is 0 Å². The minimum atomic E-state index is 0.653. The predicted molar refractivity (Wildman–Crippen MR) is 67.8 cm³/mol. The number of aromatic nitrogens is 1. The molecular weight excluding hydrogens is 198 g/mol.